The Labute approximate surface area is 113 Å². The first-order valence-electron chi connectivity index (χ1n) is 8.14. The van der Waals surface area contributed by atoms with Gasteiger partial charge in [0, 0.05) is 12.6 Å². The molecule has 0 saturated heterocycles. The smallest absolute Gasteiger partial charge is 0.0213 e. The Morgan fingerprint density at radius 1 is 1.06 bits per heavy atom. The maximum Gasteiger partial charge on any atom is 0.0213 e. The zero-order chi connectivity index (χ0) is 13.0. The number of nitrogens with one attached hydrogen (secondary N) is 1. The van der Waals surface area contributed by atoms with Crippen LogP contribution in [0.5, 0.6) is 0 Å². The number of hydrogen-bond donors (Lipinski definition) is 2. The molecular weight excluding hydrogens is 220 g/mol. The summed E-state index contributed by atoms with van der Waals surface area (Å²) < 4.78 is 0. The second-order valence-electron chi connectivity index (χ2n) is 6.98. The fourth-order valence-electron chi connectivity index (χ4n) is 4.07. The number of nitrogens with two attached hydrogens (primary N) is 1. The zero-order valence-corrected chi connectivity index (χ0v) is 12.3. The van der Waals surface area contributed by atoms with Crippen LogP contribution >= 0.6 is 0 Å². The lowest BCUT2D eigenvalue weighted by Gasteiger charge is -2.40. The maximum atomic E-state index is 5.83. The summed E-state index contributed by atoms with van der Waals surface area (Å²) in [7, 11) is 0. The monoisotopic (exact) mass is 252 g/mol. The third kappa shape index (κ3) is 3.71. The molecule has 0 amide bonds. The Morgan fingerprint density at radius 3 is 2.44 bits per heavy atom. The van der Waals surface area contributed by atoms with Gasteiger partial charge in [0.15, 0.2) is 0 Å². The van der Waals surface area contributed by atoms with Gasteiger partial charge in [-0.2, -0.15) is 0 Å². The summed E-state index contributed by atoms with van der Waals surface area (Å²) in [6.45, 7) is 6.50. The van der Waals surface area contributed by atoms with Crippen molar-refractivity contribution < 1.29 is 0 Å². The summed E-state index contributed by atoms with van der Waals surface area (Å²) in [5.41, 5.74) is 5.83. The Morgan fingerprint density at radius 2 is 1.78 bits per heavy atom. The normalized spacial score (nSPS) is 34.3. The molecule has 0 bridgehead atoms. The van der Waals surface area contributed by atoms with Gasteiger partial charge in [-0.15, -0.1) is 0 Å². The van der Waals surface area contributed by atoms with Crippen molar-refractivity contribution >= 4 is 0 Å². The molecule has 0 heterocycles. The summed E-state index contributed by atoms with van der Waals surface area (Å²) in [5.74, 6) is 3.69. The highest BCUT2D eigenvalue weighted by Gasteiger charge is 2.32. The first-order valence-corrected chi connectivity index (χ1v) is 8.14. The van der Waals surface area contributed by atoms with Gasteiger partial charge >= 0.3 is 0 Å². The Balaban J connectivity index is 1.74. The van der Waals surface area contributed by atoms with E-state index in [1.54, 1.807) is 0 Å². The van der Waals surface area contributed by atoms with Crippen molar-refractivity contribution in [2.24, 2.45) is 29.4 Å². The average molecular weight is 252 g/mol. The molecule has 0 radical (unpaired) electrons. The van der Waals surface area contributed by atoms with E-state index in [-0.39, 0.29) is 0 Å². The van der Waals surface area contributed by atoms with E-state index in [1.165, 1.54) is 51.5 Å². The molecule has 2 heteroatoms. The summed E-state index contributed by atoms with van der Waals surface area (Å²) >= 11 is 0. The van der Waals surface area contributed by atoms with E-state index >= 15 is 0 Å². The maximum absolute atomic E-state index is 5.83. The summed E-state index contributed by atoms with van der Waals surface area (Å²) in [5, 5.41) is 3.71. The van der Waals surface area contributed by atoms with Gasteiger partial charge in [0.05, 0.1) is 0 Å². The Hall–Kier alpha value is -0.0800. The minimum Gasteiger partial charge on any atom is -0.329 e. The van der Waals surface area contributed by atoms with E-state index in [9.17, 15) is 0 Å². The largest absolute Gasteiger partial charge is 0.329 e. The second kappa shape index (κ2) is 6.91. The third-order valence-electron chi connectivity index (χ3n) is 5.38. The fraction of sp³-hybridized carbons (Fsp3) is 1.00. The van der Waals surface area contributed by atoms with Crippen molar-refractivity contribution in [3.8, 4) is 0 Å². The molecule has 2 saturated carbocycles. The molecular formula is C16H32N2. The van der Waals surface area contributed by atoms with Crippen LogP contribution in [-0.4, -0.2) is 19.1 Å². The molecule has 2 rings (SSSR count). The predicted octanol–water partition coefficient (Wildman–Crippen LogP) is 3.17. The highest BCUT2D eigenvalue weighted by Crippen LogP contribution is 2.42. The lowest BCUT2D eigenvalue weighted by Crippen LogP contribution is -2.43. The van der Waals surface area contributed by atoms with E-state index < -0.39 is 0 Å². The zero-order valence-electron chi connectivity index (χ0n) is 12.3. The molecule has 2 fully saturated rings. The minimum absolute atomic E-state index is 0.508. The van der Waals surface area contributed by atoms with E-state index in [1.807, 2.05) is 0 Å². The van der Waals surface area contributed by atoms with Crippen molar-refractivity contribution in [1.29, 1.82) is 0 Å². The lowest BCUT2D eigenvalue weighted by atomic mass is 9.67. The van der Waals surface area contributed by atoms with Crippen molar-refractivity contribution in [1.82, 2.24) is 5.32 Å². The number of hydrogen-bond acceptors (Lipinski definition) is 2. The van der Waals surface area contributed by atoms with Crippen LogP contribution in [0.1, 0.15) is 58.8 Å². The van der Waals surface area contributed by atoms with Gasteiger partial charge < -0.3 is 11.1 Å². The second-order valence-corrected chi connectivity index (χ2v) is 6.98. The van der Waals surface area contributed by atoms with E-state index in [0.717, 1.165) is 24.3 Å². The van der Waals surface area contributed by atoms with Crippen LogP contribution in [0.3, 0.4) is 0 Å². The molecule has 3 N–H and O–H groups in total. The first-order chi connectivity index (χ1) is 8.70. The SMILES string of the molecule is CC(C)C(CN)NCC1CCC2CCCCC2C1. The Bertz CT molecular complexity index is 239. The molecule has 2 aliphatic carbocycles. The van der Waals surface area contributed by atoms with Gasteiger partial charge in [0.2, 0.25) is 0 Å². The van der Waals surface area contributed by atoms with Crippen molar-refractivity contribution in [3.63, 3.8) is 0 Å². The van der Waals surface area contributed by atoms with E-state index in [4.69, 9.17) is 5.73 Å². The Kier molecular flexibility index (Phi) is 5.50. The van der Waals surface area contributed by atoms with Gasteiger partial charge in [-0.1, -0.05) is 39.5 Å². The molecule has 106 valence electrons. The van der Waals surface area contributed by atoms with Crippen LogP contribution in [0.4, 0.5) is 0 Å². The molecule has 0 aromatic rings. The summed E-state index contributed by atoms with van der Waals surface area (Å²) in [6.07, 6.45) is 10.4. The van der Waals surface area contributed by atoms with Crippen LogP contribution in [0.2, 0.25) is 0 Å². The molecule has 0 spiro atoms. The number of rotatable bonds is 5. The van der Waals surface area contributed by atoms with Crippen LogP contribution in [0.25, 0.3) is 0 Å². The highest BCUT2D eigenvalue weighted by molar-refractivity contribution is 4.85. The molecule has 2 nitrogen and oxygen atoms in total. The van der Waals surface area contributed by atoms with Gasteiger partial charge in [-0.25, -0.2) is 0 Å². The molecule has 4 unspecified atom stereocenters. The van der Waals surface area contributed by atoms with Crippen LogP contribution in [0.15, 0.2) is 0 Å². The minimum atomic E-state index is 0.508. The number of fused-ring (bicyclic) bond motifs is 1. The van der Waals surface area contributed by atoms with Gasteiger partial charge in [-0.05, 0) is 49.5 Å². The van der Waals surface area contributed by atoms with E-state index in [2.05, 4.69) is 19.2 Å². The predicted molar refractivity (Wildman–Crippen MR) is 78.5 cm³/mol. The molecule has 0 aromatic carbocycles. The first kappa shape index (κ1) is 14.3. The fourth-order valence-corrected chi connectivity index (χ4v) is 4.07. The van der Waals surface area contributed by atoms with Gasteiger partial charge in [-0.3, -0.25) is 0 Å². The quantitative estimate of drug-likeness (QED) is 0.789. The average Bonchev–Trinajstić information content (AvgIpc) is 2.39. The van der Waals surface area contributed by atoms with Gasteiger partial charge in [0.1, 0.15) is 0 Å². The summed E-state index contributed by atoms with van der Waals surface area (Å²) in [6, 6.07) is 0.508. The topological polar surface area (TPSA) is 38.0 Å². The lowest BCUT2D eigenvalue weighted by molar-refractivity contribution is 0.126. The van der Waals surface area contributed by atoms with Crippen LogP contribution in [-0.2, 0) is 0 Å². The third-order valence-corrected chi connectivity index (χ3v) is 5.38. The van der Waals surface area contributed by atoms with Crippen molar-refractivity contribution in [2.75, 3.05) is 13.1 Å². The van der Waals surface area contributed by atoms with Crippen LogP contribution in [0, 0.1) is 23.7 Å². The van der Waals surface area contributed by atoms with Crippen molar-refractivity contribution in [2.45, 2.75) is 64.8 Å². The van der Waals surface area contributed by atoms with Gasteiger partial charge in [0.25, 0.3) is 0 Å². The van der Waals surface area contributed by atoms with Crippen LogP contribution < -0.4 is 11.1 Å². The molecule has 4 atom stereocenters. The summed E-state index contributed by atoms with van der Waals surface area (Å²) in [4.78, 5) is 0. The molecule has 18 heavy (non-hydrogen) atoms. The standard InChI is InChI=1S/C16H32N2/c1-12(2)16(10-17)18-11-13-7-8-14-5-3-4-6-15(14)9-13/h12-16,18H,3-11,17H2,1-2H3. The molecule has 2 aliphatic rings. The molecule has 0 aliphatic heterocycles. The highest BCUT2D eigenvalue weighted by atomic mass is 14.9. The van der Waals surface area contributed by atoms with Crippen molar-refractivity contribution in [3.05, 3.63) is 0 Å². The van der Waals surface area contributed by atoms with E-state index in [0.29, 0.717) is 12.0 Å². The molecule has 0 aromatic heterocycles.